The van der Waals surface area contributed by atoms with Gasteiger partial charge in [0.15, 0.2) is 6.61 Å². The molecular formula is C14H21N3O2. The van der Waals surface area contributed by atoms with Gasteiger partial charge in [-0.2, -0.15) is 0 Å². The van der Waals surface area contributed by atoms with E-state index in [2.05, 4.69) is 17.3 Å². The first kappa shape index (κ1) is 13.7. The Bertz CT molecular complexity index is 419. The molecule has 5 nitrogen and oxygen atoms in total. The number of likely N-dealkylation sites (N-methyl/N-ethyl adjacent to an activating group) is 1. The van der Waals surface area contributed by atoms with E-state index in [0.717, 1.165) is 25.9 Å². The van der Waals surface area contributed by atoms with Crippen molar-refractivity contribution in [3.63, 3.8) is 0 Å². The number of rotatable bonds is 4. The second kappa shape index (κ2) is 6.43. The number of piperidine rings is 1. The highest BCUT2D eigenvalue weighted by atomic mass is 16.5. The molecule has 1 amide bonds. The number of amides is 1. The van der Waals surface area contributed by atoms with Crippen molar-refractivity contribution in [2.24, 2.45) is 0 Å². The molecule has 5 heteroatoms. The number of carbonyl (C=O) groups is 1. The highest BCUT2D eigenvalue weighted by Gasteiger charge is 2.18. The van der Waals surface area contributed by atoms with Gasteiger partial charge in [0.2, 0.25) is 0 Å². The Morgan fingerprint density at radius 2 is 2.21 bits per heavy atom. The van der Waals surface area contributed by atoms with Crippen LogP contribution in [0.1, 0.15) is 12.8 Å². The summed E-state index contributed by atoms with van der Waals surface area (Å²) in [6, 6.07) is 7.27. The number of nitrogen functional groups attached to an aromatic ring is 1. The molecule has 104 valence electrons. The van der Waals surface area contributed by atoms with E-state index in [1.165, 1.54) is 0 Å². The number of hydrogen-bond acceptors (Lipinski definition) is 4. The maximum atomic E-state index is 11.8. The Morgan fingerprint density at radius 3 is 2.89 bits per heavy atom. The maximum absolute atomic E-state index is 11.8. The van der Waals surface area contributed by atoms with Crippen molar-refractivity contribution in [2.75, 3.05) is 32.5 Å². The van der Waals surface area contributed by atoms with E-state index in [1.54, 1.807) is 24.3 Å². The number of ether oxygens (including phenoxy) is 1. The van der Waals surface area contributed by atoms with Crippen molar-refractivity contribution < 1.29 is 9.53 Å². The highest BCUT2D eigenvalue weighted by Crippen LogP contribution is 2.13. The molecule has 0 saturated carbocycles. The normalized spacial score (nSPS) is 19.9. The lowest BCUT2D eigenvalue weighted by atomic mass is 10.1. The van der Waals surface area contributed by atoms with Crippen molar-refractivity contribution in [3.8, 4) is 5.75 Å². The van der Waals surface area contributed by atoms with Crippen LogP contribution in [0.2, 0.25) is 0 Å². The number of anilines is 1. The summed E-state index contributed by atoms with van der Waals surface area (Å²) >= 11 is 0. The van der Waals surface area contributed by atoms with Gasteiger partial charge in [0.1, 0.15) is 5.75 Å². The summed E-state index contributed by atoms with van der Waals surface area (Å²) in [5, 5.41) is 3.00. The molecule has 0 aromatic heterocycles. The average Bonchev–Trinajstić information content (AvgIpc) is 2.38. The molecule has 1 unspecified atom stereocenters. The van der Waals surface area contributed by atoms with Gasteiger partial charge in [-0.1, -0.05) is 0 Å². The summed E-state index contributed by atoms with van der Waals surface area (Å²) in [6.07, 6.45) is 2.16. The third-order valence-corrected chi connectivity index (χ3v) is 3.24. The predicted molar refractivity (Wildman–Crippen MR) is 75.0 cm³/mol. The number of likely N-dealkylation sites (tertiary alicyclic amines) is 1. The summed E-state index contributed by atoms with van der Waals surface area (Å²) in [5.74, 6) is 0.585. The van der Waals surface area contributed by atoms with Crippen LogP contribution in [0.25, 0.3) is 0 Å². The molecule has 0 aliphatic carbocycles. The van der Waals surface area contributed by atoms with Crippen LogP contribution in [0.4, 0.5) is 5.69 Å². The Labute approximate surface area is 113 Å². The monoisotopic (exact) mass is 263 g/mol. The zero-order chi connectivity index (χ0) is 13.7. The van der Waals surface area contributed by atoms with E-state index in [-0.39, 0.29) is 18.6 Å². The largest absolute Gasteiger partial charge is 0.484 e. The van der Waals surface area contributed by atoms with E-state index >= 15 is 0 Å². The molecule has 1 aromatic rings. The molecule has 1 fully saturated rings. The zero-order valence-corrected chi connectivity index (χ0v) is 11.3. The topological polar surface area (TPSA) is 67.6 Å². The molecule has 1 aliphatic rings. The molecule has 1 aromatic carbocycles. The Kier molecular flexibility index (Phi) is 4.63. The van der Waals surface area contributed by atoms with Crippen molar-refractivity contribution in [1.29, 1.82) is 0 Å². The smallest absolute Gasteiger partial charge is 0.258 e. The molecular weight excluding hydrogens is 242 g/mol. The summed E-state index contributed by atoms with van der Waals surface area (Å²) in [4.78, 5) is 14.0. The molecule has 3 N–H and O–H groups in total. The van der Waals surface area contributed by atoms with Gasteiger partial charge in [-0.3, -0.25) is 4.79 Å². The molecule has 1 heterocycles. The molecule has 1 saturated heterocycles. The van der Waals surface area contributed by atoms with Gasteiger partial charge in [0, 0.05) is 18.3 Å². The van der Waals surface area contributed by atoms with Gasteiger partial charge >= 0.3 is 0 Å². The molecule has 1 aliphatic heterocycles. The quantitative estimate of drug-likeness (QED) is 0.791. The lowest BCUT2D eigenvalue weighted by Crippen LogP contribution is -2.47. The number of carbonyl (C=O) groups excluding carboxylic acids is 1. The van der Waals surface area contributed by atoms with E-state index in [4.69, 9.17) is 10.5 Å². The van der Waals surface area contributed by atoms with Crippen LogP contribution < -0.4 is 15.8 Å². The number of nitrogens with one attached hydrogen (secondary N) is 1. The van der Waals surface area contributed by atoms with Crippen LogP contribution in [0, 0.1) is 0 Å². The predicted octanol–water partition coefficient (Wildman–Crippen LogP) is 0.858. The van der Waals surface area contributed by atoms with Gasteiger partial charge in [0.25, 0.3) is 5.91 Å². The minimum atomic E-state index is -0.0721. The lowest BCUT2D eigenvalue weighted by molar-refractivity contribution is -0.124. The average molecular weight is 263 g/mol. The Hall–Kier alpha value is -1.75. The Morgan fingerprint density at radius 1 is 1.47 bits per heavy atom. The summed E-state index contributed by atoms with van der Waals surface area (Å²) in [5.41, 5.74) is 6.26. The van der Waals surface area contributed by atoms with Gasteiger partial charge in [0.05, 0.1) is 0 Å². The fraction of sp³-hybridized carbons (Fsp3) is 0.500. The molecule has 19 heavy (non-hydrogen) atoms. The van der Waals surface area contributed by atoms with E-state index in [1.807, 2.05) is 0 Å². The minimum absolute atomic E-state index is 0.0458. The molecule has 2 rings (SSSR count). The number of nitrogens with zero attached hydrogens (tertiary/aromatic N) is 1. The van der Waals surface area contributed by atoms with Gasteiger partial charge in [-0.05, 0) is 50.7 Å². The van der Waals surface area contributed by atoms with Crippen LogP contribution in [-0.4, -0.2) is 43.6 Å². The molecule has 0 radical (unpaired) electrons. The fourth-order valence-corrected chi connectivity index (χ4v) is 2.27. The van der Waals surface area contributed by atoms with Crippen molar-refractivity contribution in [3.05, 3.63) is 24.3 Å². The summed E-state index contributed by atoms with van der Waals surface area (Å²) in [7, 11) is 2.07. The SMILES string of the molecule is CN1CCCC(NC(=O)COc2ccc(N)cc2)C1. The first-order valence-electron chi connectivity index (χ1n) is 6.60. The van der Waals surface area contributed by atoms with E-state index < -0.39 is 0 Å². The molecule has 1 atom stereocenters. The van der Waals surface area contributed by atoms with Crippen molar-refractivity contribution in [2.45, 2.75) is 18.9 Å². The number of benzene rings is 1. The molecule has 0 bridgehead atoms. The minimum Gasteiger partial charge on any atom is -0.484 e. The van der Waals surface area contributed by atoms with Crippen LogP contribution >= 0.6 is 0 Å². The van der Waals surface area contributed by atoms with Crippen LogP contribution in [0.15, 0.2) is 24.3 Å². The van der Waals surface area contributed by atoms with E-state index in [0.29, 0.717) is 11.4 Å². The lowest BCUT2D eigenvalue weighted by Gasteiger charge is -2.30. The maximum Gasteiger partial charge on any atom is 0.258 e. The third-order valence-electron chi connectivity index (χ3n) is 3.24. The first-order valence-corrected chi connectivity index (χ1v) is 6.60. The molecule has 0 spiro atoms. The number of nitrogens with two attached hydrogens (primary N) is 1. The van der Waals surface area contributed by atoms with Gasteiger partial charge in [-0.25, -0.2) is 0 Å². The third kappa shape index (κ3) is 4.44. The van der Waals surface area contributed by atoms with Gasteiger partial charge < -0.3 is 20.7 Å². The second-order valence-electron chi connectivity index (χ2n) is 5.03. The first-order chi connectivity index (χ1) is 9.13. The summed E-state index contributed by atoms with van der Waals surface area (Å²) < 4.78 is 5.41. The Balaban J connectivity index is 1.73. The fourth-order valence-electron chi connectivity index (χ4n) is 2.27. The van der Waals surface area contributed by atoms with Gasteiger partial charge in [-0.15, -0.1) is 0 Å². The van der Waals surface area contributed by atoms with Crippen molar-refractivity contribution in [1.82, 2.24) is 10.2 Å². The number of hydrogen-bond donors (Lipinski definition) is 2. The standard InChI is InChI=1S/C14H21N3O2/c1-17-8-2-3-12(9-17)16-14(18)10-19-13-6-4-11(15)5-7-13/h4-7,12H,2-3,8-10,15H2,1H3,(H,16,18). The van der Waals surface area contributed by atoms with Crippen molar-refractivity contribution >= 4 is 11.6 Å². The van der Waals surface area contributed by atoms with Crippen LogP contribution in [0.3, 0.4) is 0 Å². The van der Waals surface area contributed by atoms with Crippen LogP contribution in [0.5, 0.6) is 5.75 Å². The van der Waals surface area contributed by atoms with Crippen LogP contribution in [-0.2, 0) is 4.79 Å². The highest BCUT2D eigenvalue weighted by molar-refractivity contribution is 5.77. The van der Waals surface area contributed by atoms with E-state index in [9.17, 15) is 4.79 Å². The summed E-state index contributed by atoms with van der Waals surface area (Å²) in [6.45, 7) is 2.06. The zero-order valence-electron chi connectivity index (χ0n) is 11.3. The second-order valence-corrected chi connectivity index (χ2v) is 5.03.